The summed E-state index contributed by atoms with van der Waals surface area (Å²) in [6.45, 7) is 3.81. The predicted molar refractivity (Wildman–Crippen MR) is 79.4 cm³/mol. The van der Waals surface area contributed by atoms with Crippen molar-refractivity contribution in [3.05, 3.63) is 28.2 Å². The average molecular weight is 327 g/mol. The Morgan fingerprint density at radius 1 is 1.42 bits per heavy atom. The molecule has 0 atom stereocenters. The first kappa shape index (κ1) is 14.3. The van der Waals surface area contributed by atoms with Gasteiger partial charge in [-0.15, -0.1) is 0 Å². The molecule has 1 aliphatic rings. The minimum Gasteiger partial charge on any atom is -0.381 e. The zero-order chi connectivity index (χ0) is 13.7. The van der Waals surface area contributed by atoms with Gasteiger partial charge in [0.25, 0.3) is 0 Å². The Kier molecular flexibility index (Phi) is 5.22. The fourth-order valence-electron chi connectivity index (χ4n) is 2.01. The highest BCUT2D eigenvalue weighted by Gasteiger charge is 2.15. The van der Waals surface area contributed by atoms with Crippen LogP contribution in [0.25, 0.3) is 0 Å². The smallest absolute Gasteiger partial charge is 0.239 e. The minimum atomic E-state index is 0.0311. The first-order chi connectivity index (χ1) is 9.15. The lowest BCUT2D eigenvalue weighted by Gasteiger charge is -2.23. The Morgan fingerprint density at radius 2 is 2.16 bits per heavy atom. The first-order valence-corrected chi connectivity index (χ1v) is 7.31. The Bertz CT molecular complexity index is 445. The second kappa shape index (κ2) is 6.91. The monoisotopic (exact) mass is 326 g/mol. The second-order valence-electron chi connectivity index (χ2n) is 4.77. The van der Waals surface area contributed by atoms with Crippen molar-refractivity contribution < 1.29 is 9.53 Å². The van der Waals surface area contributed by atoms with Crippen molar-refractivity contribution in [1.82, 2.24) is 5.32 Å². The van der Waals surface area contributed by atoms with Crippen molar-refractivity contribution in [3.8, 4) is 0 Å². The van der Waals surface area contributed by atoms with E-state index in [1.807, 2.05) is 25.1 Å². The van der Waals surface area contributed by atoms with E-state index in [1.54, 1.807) is 0 Å². The Labute approximate surface area is 122 Å². The molecule has 19 heavy (non-hydrogen) atoms. The number of hydrogen-bond donors (Lipinski definition) is 2. The van der Waals surface area contributed by atoms with E-state index in [4.69, 9.17) is 4.74 Å². The van der Waals surface area contributed by atoms with Gasteiger partial charge in [-0.25, -0.2) is 0 Å². The number of amides is 1. The third-order valence-corrected chi connectivity index (χ3v) is 4.07. The molecular weight excluding hydrogens is 308 g/mol. The molecule has 0 unspecified atom stereocenters. The molecule has 0 radical (unpaired) electrons. The van der Waals surface area contributed by atoms with Crippen LogP contribution in [0.1, 0.15) is 18.4 Å². The molecule has 1 amide bonds. The van der Waals surface area contributed by atoms with Crippen LogP contribution in [0.5, 0.6) is 0 Å². The van der Waals surface area contributed by atoms with Crippen molar-refractivity contribution in [2.75, 3.05) is 25.1 Å². The third kappa shape index (κ3) is 4.51. The van der Waals surface area contributed by atoms with Gasteiger partial charge in [0.2, 0.25) is 5.91 Å². The maximum absolute atomic E-state index is 11.8. The fourth-order valence-corrected chi connectivity index (χ4v) is 2.38. The van der Waals surface area contributed by atoms with Crippen LogP contribution in [0.4, 0.5) is 5.69 Å². The number of ether oxygens (including phenoxy) is 1. The third-order valence-electron chi connectivity index (χ3n) is 3.21. The summed E-state index contributed by atoms with van der Waals surface area (Å²) in [5.41, 5.74) is 2.12. The molecule has 0 aliphatic carbocycles. The van der Waals surface area contributed by atoms with Crippen LogP contribution in [0.15, 0.2) is 22.7 Å². The average Bonchev–Trinajstić information content (AvgIpc) is 2.41. The van der Waals surface area contributed by atoms with Gasteiger partial charge in [-0.2, -0.15) is 0 Å². The summed E-state index contributed by atoms with van der Waals surface area (Å²) < 4.78 is 6.31. The van der Waals surface area contributed by atoms with E-state index in [9.17, 15) is 4.79 Å². The number of hydrogen-bond acceptors (Lipinski definition) is 3. The number of carbonyl (C=O) groups excluding carboxylic acids is 1. The van der Waals surface area contributed by atoms with E-state index in [2.05, 4.69) is 26.6 Å². The number of anilines is 1. The summed E-state index contributed by atoms with van der Waals surface area (Å²) in [5.74, 6) is 0.0311. The molecule has 0 bridgehead atoms. The molecule has 2 N–H and O–H groups in total. The normalized spacial score (nSPS) is 16.1. The van der Waals surface area contributed by atoms with Crippen molar-refractivity contribution in [2.45, 2.75) is 25.8 Å². The number of rotatable bonds is 4. The zero-order valence-electron chi connectivity index (χ0n) is 11.0. The summed E-state index contributed by atoms with van der Waals surface area (Å²) in [6, 6.07) is 6.23. The number of benzene rings is 1. The summed E-state index contributed by atoms with van der Waals surface area (Å²) in [4.78, 5) is 11.8. The number of aryl methyl sites for hydroxylation is 1. The Morgan fingerprint density at radius 3 is 2.84 bits per heavy atom. The number of carbonyl (C=O) groups is 1. The molecule has 1 saturated heterocycles. The second-order valence-corrected chi connectivity index (χ2v) is 5.63. The van der Waals surface area contributed by atoms with Gasteiger partial charge in [-0.05, 0) is 37.5 Å². The number of nitrogens with one attached hydrogen (secondary N) is 2. The summed E-state index contributed by atoms with van der Waals surface area (Å²) >= 11 is 3.48. The van der Waals surface area contributed by atoms with Crippen molar-refractivity contribution in [1.29, 1.82) is 0 Å². The minimum absolute atomic E-state index is 0.0311. The lowest BCUT2D eigenvalue weighted by Crippen LogP contribution is -2.41. The molecule has 0 saturated carbocycles. The van der Waals surface area contributed by atoms with Crippen LogP contribution >= 0.6 is 15.9 Å². The van der Waals surface area contributed by atoms with Gasteiger partial charge in [-0.1, -0.05) is 22.0 Å². The van der Waals surface area contributed by atoms with Crippen LogP contribution in [-0.2, 0) is 9.53 Å². The van der Waals surface area contributed by atoms with Crippen molar-refractivity contribution in [2.24, 2.45) is 0 Å². The lowest BCUT2D eigenvalue weighted by atomic mass is 10.1. The first-order valence-electron chi connectivity index (χ1n) is 6.52. The van der Waals surface area contributed by atoms with E-state index >= 15 is 0 Å². The van der Waals surface area contributed by atoms with Gasteiger partial charge in [0.1, 0.15) is 0 Å². The maximum Gasteiger partial charge on any atom is 0.239 e. The molecule has 1 aromatic carbocycles. The highest BCUT2D eigenvalue weighted by Crippen LogP contribution is 2.20. The van der Waals surface area contributed by atoms with Crippen molar-refractivity contribution >= 4 is 27.5 Å². The van der Waals surface area contributed by atoms with Gasteiger partial charge < -0.3 is 15.4 Å². The zero-order valence-corrected chi connectivity index (χ0v) is 12.6. The summed E-state index contributed by atoms with van der Waals surface area (Å²) in [6.07, 6.45) is 1.81. The van der Waals surface area contributed by atoms with E-state index in [-0.39, 0.29) is 11.9 Å². The van der Waals surface area contributed by atoms with E-state index in [1.165, 1.54) is 5.56 Å². The van der Waals surface area contributed by atoms with Crippen LogP contribution in [0.3, 0.4) is 0 Å². The molecule has 2 rings (SSSR count). The highest BCUT2D eigenvalue weighted by atomic mass is 79.9. The SMILES string of the molecule is Cc1ccc(NCC(=O)NC2CCOCC2)cc1Br. The van der Waals surface area contributed by atoms with Crippen LogP contribution in [0.2, 0.25) is 0 Å². The molecular formula is C14H19BrN2O2. The van der Waals surface area contributed by atoms with Crippen LogP contribution < -0.4 is 10.6 Å². The lowest BCUT2D eigenvalue weighted by molar-refractivity contribution is -0.120. The van der Waals surface area contributed by atoms with Crippen LogP contribution in [0, 0.1) is 6.92 Å². The molecule has 1 fully saturated rings. The van der Waals surface area contributed by atoms with Gasteiger partial charge in [0.05, 0.1) is 6.54 Å². The predicted octanol–water partition coefficient (Wildman–Crippen LogP) is 2.46. The molecule has 0 aromatic heterocycles. The summed E-state index contributed by atoms with van der Waals surface area (Å²) in [7, 11) is 0. The Hall–Kier alpha value is -1.07. The quantitative estimate of drug-likeness (QED) is 0.893. The molecule has 5 heteroatoms. The molecule has 1 heterocycles. The molecule has 1 aromatic rings. The molecule has 104 valence electrons. The van der Waals surface area contributed by atoms with Gasteiger partial charge >= 0.3 is 0 Å². The van der Waals surface area contributed by atoms with Crippen LogP contribution in [-0.4, -0.2) is 31.7 Å². The molecule has 0 spiro atoms. The number of halogens is 1. The van der Waals surface area contributed by atoms with E-state index in [0.29, 0.717) is 6.54 Å². The van der Waals surface area contributed by atoms with E-state index < -0.39 is 0 Å². The highest BCUT2D eigenvalue weighted by molar-refractivity contribution is 9.10. The summed E-state index contributed by atoms with van der Waals surface area (Å²) in [5, 5.41) is 6.15. The maximum atomic E-state index is 11.8. The van der Waals surface area contributed by atoms with Crippen molar-refractivity contribution in [3.63, 3.8) is 0 Å². The molecule has 1 aliphatic heterocycles. The van der Waals surface area contributed by atoms with Gasteiger partial charge in [0.15, 0.2) is 0 Å². The van der Waals surface area contributed by atoms with Gasteiger partial charge in [0, 0.05) is 29.4 Å². The van der Waals surface area contributed by atoms with E-state index in [0.717, 1.165) is 36.2 Å². The fraction of sp³-hybridized carbons (Fsp3) is 0.500. The standard InChI is InChI=1S/C14H19BrN2O2/c1-10-2-3-12(8-13(10)15)16-9-14(18)17-11-4-6-19-7-5-11/h2-3,8,11,16H,4-7,9H2,1H3,(H,17,18). The van der Waals surface area contributed by atoms with Gasteiger partial charge in [-0.3, -0.25) is 4.79 Å². The Balaban J connectivity index is 1.77. The largest absolute Gasteiger partial charge is 0.381 e. The topological polar surface area (TPSA) is 50.4 Å². The molecule has 4 nitrogen and oxygen atoms in total.